The van der Waals surface area contributed by atoms with E-state index in [9.17, 15) is 19.5 Å². The predicted octanol–water partition coefficient (Wildman–Crippen LogP) is 13.9. The van der Waals surface area contributed by atoms with E-state index in [0.717, 1.165) is 89.9 Å². The first-order valence-electron chi connectivity index (χ1n) is 24.5. The molecule has 0 bridgehead atoms. The summed E-state index contributed by atoms with van der Waals surface area (Å²) >= 11 is 0. The van der Waals surface area contributed by atoms with Crippen LogP contribution in [-0.2, 0) is 28.6 Å². The van der Waals surface area contributed by atoms with Crippen molar-refractivity contribution in [3.8, 4) is 0 Å². The maximum atomic E-state index is 12.8. The molecular formula is C53H92NO7+. The number of quaternary nitrogens is 1. The van der Waals surface area contributed by atoms with Gasteiger partial charge in [0.2, 0.25) is 0 Å². The van der Waals surface area contributed by atoms with Gasteiger partial charge in [-0.2, -0.15) is 0 Å². The number of hydrogen-bond donors (Lipinski definition) is 1. The van der Waals surface area contributed by atoms with Crippen molar-refractivity contribution in [1.29, 1.82) is 0 Å². The van der Waals surface area contributed by atoms with Crippen molar-refractivity contribution < 1.29 is 38.2 Å². The molecule has 0 heterocycles. The Labute approximate surface area is 374 Å². The second-order valence-electron chi connectivity index (χ2n) is 17.4. The summed E-state index contributed by atoms with van der Waals surface area (Å²) < 4.78 is 17.3. The Morgan fingerprint density at radius 2 is 0.984 bits per heavy atom. The number of rotatable bonds is 43. The normalized spacial score (nSPS) is 13.5. The number of carbonyl (C=O) groups is 3. The Balaban J connectivity index is 4.34. The molecule has 0 aliphatic rings. The molecule has 2 atom stereocenters. The second-order valence-corrected chi connectivity index (χ2v) is 17.4. The van der Waals surface area contributed by atoms with Gasteiger partial charge in [0.25, 0.3) is 0 Å². The smallest absolute Gasteiger partial charge is 0.362 e. The zero-order valence-corrected chi connectivity index (χ0v) is 39.8. The average Bonchev–Trinajstić information content (AvgIpc) is 3.22. The molecule has 0 aromatic heterocycles. The standard InChI is InChI=1S/C53H91NO7/c1-6-8-10-12-14-16-18-20-22-24-26-28-29-31-33-35-37-39-41-43-51(55)60-48-49(47-59-46-45-50(53(57)58)54(3,4)5)61-52(56)44-42-40-38-36-34-32-30-27-25-23-21-19-17-15-13-11-9-7-2/h8,10,14,16,19-23,25,27,30,49-50H,6-7,9,11-13,15,17-18,24,26,28-29,31-48H2,1-5H3/p+1/b10-8+,16-14+,21-19+,22-20+,25-23+,30-27+. The molecule has 0 saturated heterocycles. The van der Waals surface area contributed by atoms with E-state index >= 15 is 0 Å². The first-order valence-corrected chi connectivity index (χ1v) is 24.5. The number of esters is 2. The molecule has 0 saturated carbocycles. The monoisotopic (exact) mass is 855 g/mol. The van der Waals surface area contributed by atoms with Crippen molar-refractivity contribution in [2.75, 3.05) is 41.0 Å². The van der Waals surface area contributed by atoms with Crippen LogP contribution in [0.1, 0.15) is 194 Å². The third-order valence-electron chi connectivity index (χ3n) is 10.7. The zero-order chi connectivity index (χ0) is 44.9. The molecule has 0 rings (SSSR count). The first-order chi connectivity index (χ1) is 29.6. The summed E-state index contributed by atoms with van der Waals surface area (Å²) in [6.45, 7) is 4.59. The Morgan fingerprint density at radius 3 is 1.49 bits per heavy atom. The zero-order valence-electron chi connectivity index (χ0n) is 39.8. The molecule has 350 valence electrons. The number of carbonyl (C=O) groups excluding carboxylic acids is 2. The molecule has 0 amide bonds. The molecule has 8 heteroatoms. The Morgan fingerprint density at radius 1 is 0.525 bits per heavy atom. The Hall–Kier alpha value is -3.23. The van der Waals surface area contributed by atoms with Gasteiger partial charge in [-0.25, -0.2) is 4.79 Å². The van der Waals surface area contributed by atoms with Crippen molar-refractivity contribution in [2.24, 2.45) is 0 Å². The third-order valence-corrected chi connectivity index (χ3v) is 10.7. The minimum Gasteiger partial charge on any atom is -0.477 e. The number of unbranched alkanes of at least 4 members (excludes halogenated alkanes) is 19. The summed E-state index contributed by atoms with van der Waals surface area (Å²) in [5, 5.41) is 9.64. The summed E-state index contributed by atoms with van der Waals surface area (Å²) in [4.78, 5) is 37.1. The van der Waals surface area contributed by atoms with Crippen molar-refractivity contribution in [3.63, 3.8) is 0 Å². The van der Waals surface area contributed by atoms with Crippen LogP contribution in [0.5, 0.6) is 0 Å². The van der Waals surface area contributed by atoms with Gasteiger partial charge in [-0.3, -0.25) is 9.59 Å². The fourth-order valence-corrected chi connectivity index (χ4v) is 6.87. The van der Waals surface area contributed by atoms with E-state index < -0.39 is 18.1 Å². The maximum absolute atomic E-state index is 12.8. The number of ether oxygens (including phenoxy) is 3. The molecule has 61 heavy (non-hydrogen) atoms. The van der Waals surface area contributed by atoms with Crippen LogP contribution < -0.4 is 0 Å². The fraction of sp³-hybridized carbons (Fsp3) is 0.717. The van der Waals surface area contributed by atoms with Crippen LogP contribution in [0.4, 0.5) is 0 Å². The predicted molar refractivity (Wildman–Crippen MR) is 257 cm³/mol. The molecular weight excluding hydrogens is 763 g/mol. The Kier molecular flexibility index (Phi) is 41.1. The van der Waals surface area contributed by atoms with Gasteiger partial charge in [-0.05, 0) is 70.6 Å². The lowest BCUT2D eigenvalue weighted by atomic mass is 10.1. The molecule has 0 aromatic rings. The van der Waals surface area contributed by atoms with Gasteiger partial charge in [-0.15, -0.1) is 0 Å². The van der Waals surface area contributed by atoms with Crippen LogP contribution in [0.25, 0.3) is 0 Å². The number of carboxylic acids is 1. The van der Waals surface area contributed by atoms with Crippen molar-refractivity contribution in [1.82, 2.24) is 0 Å². The van der Waals surface area contributed by atoms with Crippen molar-refractivity contribution in [2.45, 2.75) is 206 Å². The fourth-order valence-electron chi connectivity index (χ4n) is 6.87. The Bertz CT molecular complexity index is 1230. The first kappa shape index (κ1) is 57.8. The van der Waals surface area contributed by atoms with Crippen LogP contribution in [0.2, 0.25) is 0 Å². The van der Waals surface area contributed by atoms with E-state index in [2.05, 4.69) is 86.8 Å². The SMILES string of the molecule is CC/C=C/C/C=C/C/C=C/CCCCCCCCCCCC(=O)OCC(COCCC(C(=O)O)[N+](C)(C)C)OC(=O)CCCCCCC/C=C/C=C/C=C/CCCCCCC. The molecule has 1 N–H and O–H groups in total. The van der Waals surface area contributed by atoms with E-state index in [1.165, 1.54) is 70.6 Å². The van der Waals surface area contributed by atoms with E-state index in [0.29, 0.717) is 19.3 Å². The van der Waals surface area contributed by atoms with Gasteiger partial charge < -0.3 is 23.8 Å². The molecule has 2 unspecified atom stereocenters. The molecule has 0 aromatic carbocycles. The number of allylic oxidation sites excluding steroid dienone is 12. The van der Waals surface area contributed by atoms with Crippen LogP contribution >= 0.6 is 0 Å². The highest BCUT2D eigenvalue weighted by atomic mass is 16.6. The number of carboxylic acid groups (broad SMARTS) is 1. The average molecular weight is 855 g/mol. The van der Waals surface area contributed by atoms with E-state index in [-0.39, 0.29) is 36.2 Å². The highest BCUT2D eigenvalue weighted by Crippen LogP contribution is 2.14. The van der Waals surface area contributed by atoms with Crippen LogP contribution in [-0.4, -0.2) is 80.6 Å². The number of likely N-dealkylation sites (N-methyl/N-ethyl adjacent to an activating group) is 1. The molecule has 0 radical (unpaired) electrons. The van der Waals surface area contributed by atoms with Gasteiger partial charge >= 0.3 is 17.9 Å². The molecule has 0 aliphatic heterocycles. The van der Waals surface area contributed by atoms with Crippen molar-refractivity contribution in [3.05, 3.63) is 72.9 Å². The summed E-state index contributed by atoms with van der Waals surface area (Å²) in [7, 11) is 5.52. The highest BCUT2D eigenvalue weighted by Gasteiger charge is 2.31. The molecule has 0 fully saturated rings. The van der Waals surface area contributed by atoms with Gasteiger partial charge in [0.1, 0.15) is 6.61 Å². The molecule has 0 spiro atoms. The van der Waals surface area contributed by atoms with E-state index in [1.54, 1.807) is 0 Å². The maximum Gasteiger partial charge on any atom is 0.362 e. The quantitative estimate of drug-likeness (QED) is 0.0214. The number of nitrogens with zero attached hydrogens (tertiary/aromatic N) is 1. The summed E-state index contributed by atoms with van der Waals surface area (Å²) in [6, 6.07) is -0.623. The summed E-state index contributed by atoms with van der Waals surface area (Å²) in [5.41, 5.74) is 0. The number of aliphatic carboxylic acids is 1. The van der Waals surface area contributed by atoms with Crippen molar-refractivity contribution >= 4 is 17.9 Å². The van der Waals surface area contributed by atoms with E-state index in [4.69, 9.17) is 14.2 Å². The van der Waals surface area contributed by atoms with E-state index in [1.807, 2.05) is 21.1 Å². The lowest BCUT2D eigenvalue weighted by Crippen LogP contribution is -2.50. The van der Waals surface area contributed by atoms with Gasteiger partial charge in [0, 0.05) is 19.3 Å². The summed E-state index contributed by atoms with van der Waals surface area (Å²) in [6.07, 6.45) is 55.1. The van der Waals surface area contributed by atoms with Gasteiger partial charge in [0.05, 0.1) is 34.4 Å². The lowest BCUT2D eigenvalue weighted by Gasteiger charge is -2.31. The topological polar surface area (TPSA) is 99.1 Å². The largest absolute Gasteiger partial charge is 0.477 e. The number of hydrogen-bond acceptors (Lipinski definition) is 6. The summed E-state index contributed by atoms with van der Waals surface area (Å²) in [5.74, 6) is -1.50. The molecule has 0 aliphatic carbocycles. The molecule has 8 nitrogen and oxygen atoms in total. The van der Waals surface area contributed by atoms with Crippen LogP contribution in [0.15, 0.2) is 72.9 Å². The highest BCUT2D eigenvalue weighted by molar-refractivity contribution is 5.72. The van der Waals surface area contributed by atoms with Crippen LogP contribution in [0, 0.1) is 0 Å². The van der Waals surface area contributed by atoms with Crippen LogP contribution in [0.3, 0.4) is 0 Å². The second kappa shape index (κ2) is 43.4. The minimum atomic E-state index is -0.881. The van der Waals surface area contributed by atoms with Gasteiger partial charge in [0.15, 0.2) is 12.1 Å². The lowest BCUT2D eigenvalue weighted by molar-refractivity contribution is -0.887. The van der Waals surface area contributed by atoms with Gasteiger partial charge in [-0.1, -0.05) is 177 Å². The third kappa shape index (κ3) is 41.9. The minimum absolute atomic E-state index is 0.0480.